The van der Waals surface area contributed by atoms with Crippen molar-refractivity contribution in [3.8, 4) is 0 Å². The second kappa shape index (κ2) is 3.38. The zero-order valence-corrected chi connectivity index (χ0v) is 7.84. The third kappa shape index (κ3) is 1.54. The van der Waals surface area contributed by atoms with Crippen molar-refractivity contribution in [2.75, 3.05) is 12.3 Å². The number of aromatic amines is 1. The first-order valence-electron chi connectivity index (χ1n) is 4.71. The van der Waals surface area contributed by atoms with Gasteiger partial charge in [0.15, 0.2) is 0 Å². The molecule has 1 aromatic rings. The topological polar surface area (TPSA) is 63.9 Å². The van der Waals surface area contributed by atoms with Crippen LogP contribution in [0.3, 0.4) is 0 Å². The van der Waals surface area contributed by atoms with Gasteiger partial charge in [-0.15, -0.1) is 0 Å². The molecule has 13 heavy (non-hydrogen) atoms. The fourth-order valence-corrected chi connectivity index (χ4v) is 1.71. The highest BCUT2D eigenvalue weighted by Crippen LogP contribution is 2.29. The number of ether oxygens (including phenoxy) is 1. The largest absolute Gasteiger partial charge is 0.382 e. The summed E-state index contributed by atoms with van der Waals surface area (Å²) in [5.41, 5.74) is 7.74. The predicted octanol–water partition coefficient (Wildman–Crippen LogP) is 1.54. The summed E-state index contributed by atoms with van der Waals surface area (Å²) in [6.45, 7) is 2.83. The van der Waals surface area contributed by atoms with Crippen molar-refractivity contribution in [2.24, 2.45) is 0 Å². The minimum atomic E-state index is 0.179. The van der Waals surface area contributed by atoms with E-state index in [4.69, 9.17) is 10.5 Å². The average molecular weight is 181 g/mol. The van der Waals surface area contributed by atoms with E-state index >= 15 is 0 Å². The average Bonchev–Trinajstić information content (AvgIpc) is 2.49. The number of nitrogens with one attached hydrogen (secondary N) is 1. The maximum atomic E-state index is 5.65. The Kier molecular flexibility index (Phi) is 2.22. The summed E-state index contributed by atoms with van der Waals surface area (Å²) in [5, 5.41) is 6.91. The Morgan fingerprint density at radius 3 is 2.92 bits per heavy atom. The van der Waals surface area contributed by atoms with Gasteiger partial charge in [-0.05, 0) is 26.2 Å². The van der Waals surface area contributed by atoms with Crippen LogP contribution in [0, 0.1) is 6.92 Å². The molecule has 1 atom stereocenters. The van der Waals surface area contributed by atoms with Crippen LogP contribution in [0.4, 0.5) is 5.82 Å². The minimum absolute atomic E-state index is 0.179. The lowest BCUT2D eigenvalue weighted by atomic mass is 10.0. The molecule has 1 aliphatic rings. The summed E-state index contributed by atoms with van der Waals surface area (Å²) in [4.78, 5) is 0. The highest BCUT2D eigenvalue weighted by molar-refractivity contribution is 5.41. The summed E-state index contributed by atoms with van der Waals surface area (Å²) in [6.07, 6.45) is 3.64. The van der Waals surface area contributed by atoms with Gasteiger partial charge in [0.25, 0.3) is 0 Å². The molecule has 2 heterocycles. The van der Waals surface area contributed by atoms with Gasteiger partial charge in [0, 0.05) is 12.2 Å². The van der Waals surface area contributed by atoms with Crippen molar-refractivity contribution in [1.29, 1.82) is 0 Å². The molecule has 0 saturated carbocycles. The summed E-state index contributed by atoms with van der Waals surface area (Å²) in [7, 11) is 0. The molecule has 4 nitrogen and oxygen atoms in total. The van der Waals surface area contributed by atoms with Crippen LogP contribution in [0.25, 0.3) is 0 Å². The van der Waals surface area contributed by atoms with Crippen LogP contribution in [0.2, 0.25) is 0 Å². The van der Waals surface area contributed by atoms with Crippen LogP contribution in [0.15, 0.2) is 0 Å². The first-order valence-corrected chi connectivity index (χ1v) is 4.71. The Labute approximate surface area is 77.5 Å². The Hall–Kier alpha value is -1.03. The zero-order chi connectivity index (χ0) is 9.26. The lowest BCUT2D eigenvalue weighted by molar-refractivity contribution is 0.0119. The molecular weight excluding hydrogens is 166 g/mol. The van der Waals surface area contributed by atoms with Crippen LogP contribution in [-0.2, 0) is 4.74 Å². The number of aromatic nitrogens is 2. The van der Waals surface area contributed by atoms with Crippen molar-refractivity contribution in [3.05, 3.63) is 11.3 Å². The highest BCUT2D eigenvalue weighted by atomic mass is 16.5. The molecule has 1 aromatic heterocycles. The van der Waals surface area contributed by atoms with Crippen molar-refractivity contribution in [2.45, 2.75) is 32.3 Å². The third-order valence-electron chi connectivity index (χ3n) is 2.59. The van der Waals surface area contributed by atoms with Gasteiger partial charge < -0.3 is 10.5 Å². The fraction of sp³-hybridized carbons (Fsp3) is 0.667. The van der Waals surface area contributed by atoms with Gasteiger partial charge in [-0.2, -0.15) is 5.10 Å². The molecule has 1 unspecified atom stereocenters. The van der Waals surface area contributed by atoms with Gasteiger partial charge >= 0.3 is 0 Å². The van der Waals surface area contributed by atoms with E-state index in [2.05, 4.69) is 10.2 Å². The van der Waals surface area contributed by atoms with E-state index in [1.165, 1.54) is 12.8 Å². The minimum Gasteiger partial charge on any atom is -0.382 e. The number of nitrogen functional groups attached to an aromatic ring is 1. The third-order valence-corrected chi connectivity index (χ3v) is 2.59. The molecular formula is C9H15N3O. The summed E-state index contributed by atoms with van der Waals surface area (Å²) < 4.78 is 5.63. The van der Waals surface area contributed by atoms with Crippen molar-refractivity contribution in [3.63, 3.8) is 0 Å². The number of nitrogens with zero attached hydrogens (tertiary/aromatic N) is 1. The van der Waals surface area contributed by atoms with Gasteiger partial charge in [-0.3, -0.25) is 5.10 Å². The van der Waals surface area contributed by atoms with Crippen molar-refractivity contribution < 1.29 is 4.74 Å². The Bertz CT molecular complexity index is 289. The van der Waals surface area contributed by atoms with Crippen LogP contribution >= 0.6 is 0 Å². The Morgan fingerprint density at radius 1 is 1.54 bits per heavy atom. The van der Waals surface area contributed by atoms with Gasteiger partial charge in [-0.1, -0.05) is 0 Å². The lowest BCUT2D eigenvalue weighted by Crippen LogP contribution is -2.12. The van der Waals surface area contributed by atoms with Crippen LogP contribution in [0.5, 0.6) is 0 Å². The first kappa shape index (κ1) is 8.56. The summed E-state index contributed by atoms with van der Waals surface area (Å²) in [5.74, 6) is 0.587. The predicted molar refractivity (Wildman–Crippen MR) is 50.3 cm³/mol. The molecule has 0 aliphatic carbocycles. The molecule has 1 aliphatic heterocycles. The number of rotatable bonds is 1. The maximum absolute atomic E-state index is 5.65. The molecule has 0 radical (unpaired) electrons. The van der Waals surface area contributed by atoms with Crippen LogP contribution in [-0.4, -0.2) is 16.8 Å². The SMILES string of the molecule is Cc1c(N)n[nH]c1C1CCCCO1. The molecule has 1 saturated heterocycles. The molecule has 3 N–H and O–H groups in total. The van der Waals surface area contributed by atoms with Crippen LogP contribution < -0.4 is 5.73 Å². The van der Waals surface area contributed by atoms with Gasteiger partial charge in [0.1, 0.15) is 5.82 Å². The standard InChI is InChI=1S/C9H15N3O/c1-6-8(11-12-9(6)10)7-4-2-3-5-13-7/h7H,2-5H2,1H3,(H3,10,11,12). The number of H-pyrrole nitrogens is 1. The van der Waals surface area contributed by atoms with E-state index in [0.29, 0.717) is 5.82 Å². The van der Waals surface area contributed by atoms with E-state index in [1.54, 1.807) is 0 Å². The number of anilines is 1. The van der Waals surface area contributed by atoms with Gasteiger partial charge in [-0.25, -0.2) is 0 Å². The smallest absolute Gasteiger partial charge is 0.148 e. The highest BCUT2D eigenvalue weighted by Gasteiger charge is 2.20. The Balaban J connectivity index is 2.18. The second-order valence-corrected chi connectivity index (χ2v) is 3.50. The summed E-state index contributed by atoms with van der Waals surface area (Å²) in [6, 6.07) is 0. The second-order valence-electron chi connectivity index (χ2n) is 3.50. The Morgan fingerprint density at radius 2 is 2.38 bits per heavy atom. The number of hydrogen-bond acceptors (Lipinski definition) is 3. The van der Waals surface area contributed by atoms with E-state index in [-0.39, 0.29) is 6.10 Å². The lowest BCUT2D eigenvalue weighted by Gasteiger charge is -2.21. The molecule has 1 fully saturated rings. The quantitative estimate of drug-likeness (QED) is 0.690. The molecule has 0 bridgehead atoms. The van der Waals surface area contributed by atoms with Gasteiger partial charge in [0.2, 0.25) is 0 Å². The summed E-state index contributed by atoms with van der Waals surface area (Å²) >= 11 is 0. The fourth-order valence-electron chi connectivity index (χ4n) is 1.71. The molecule has 0 aromatic carbocycles. The van der Waals surface area contributed by atoms with E-state index < -0.39 is 0 Å². The van der Waals surface area contributed by atoms with E-state index in [1.807, 2.05) is 6.92 Å². The molecule has 4 heteroatoms. The van der Waals surface area contributed by atoms with E-state index in [0.717, 1.165) is 24.3 Å². The number of hydrogen-bond donors (Lipinski definition) is 2. The number of nitrogens with two attached hydrogens (primary N) is 1. The molecule has 0 spiro atoms. The van der Waals surface area contributed by atoms with Crippen molar-refractivity contribution >= 4 is 5.82 Å². The molecule has 2 rings (SSSR count). The zero-order valence-electron chi connectivity index (χ0n) is 7.84. The maximum Gasteiger partial charge on any atom is 0.148 e. The van der Waals surface area contributed by atoms with Crippen molar-refractivity contribution in [1.82, 2.24) is 10.2 Å². The first-order chi connectivity index (χ1) is 6.29. The van der Waals surface area contributed by atoms with Gasteiger partial charge in [0.05, 0.1) is 11.8 Å². The normalized spacial score (nSPS) is 23.3. The van der Waals surface area contributed by atoms with E-state index in [9.17, 15) is 0 Å². The molecule has 0 amide bonds. The molecule has 72 valence electrons. The monoisotopic (exact) mass is 181 g/mol. The van der Waals surface area contributed by atoms with Crippen LogP contribution in [0.1, 0.15) is 36.6 Å².